The van der Waals surface area contributed by atoms with E-state index in [2.05, 4.69) is 22.5 Å². The highest BCUT2D eigenvalue weighted by molar-refractivity contribution is 14.0. The van der Waals surface area contributed by atoms with Gasteiger partial charge in [0.05, 0.1) is 5.60 Å². The SMILES string of the molecule is CN=C(NCCC1CCCCC1)NCC1(C)CCCO1.I. The Balaban J connectivity index is 0.00000220. The Morgan fingerprint density at radius 2 is 1.95 bits per heavy atom. The third kappa shape index (κ3) is 6.72. The van der Waals surface area contributed by atoms with Crippen molar-refractivity contribution in [3.8, 4) is 0 Å². The van der Waals surface area contributed by atoms with E-state index < -0.39 is 0 Å². The number of nitrogens with zero attached hydrogens (tertiary/aromatic N) is 1. The van der Waals surface area contributed by atoms with Gasteiger partial charge in [0, 0.05) is 26.7 Å². The first-order chi connectivity index (χ1) is 9.72. The molecule has 2 fully saturated rings. The van der Waals surface area contributed by atoms with Crippen molar-refractivity contribution in [2.45, 2.75) is 63.9 Å². The van der Waals surface area contributed by atoms with Crippen LogP contribution in [0.15, 0.2) is 4.99 Å². The summed E-state index contributed by atoms with van der Waals surface area (Å²) in [6, 6.07) is 0. The largest absolute Gasteiger partial charge is 0.373 e. The lowest BCUT2D eigenvalue weighted by Gasteiger charge is -2.25. The Morgan fingerprint density at radius 1 is 1.19 bits per heavy atom. The molecule has 0 aromatic heterocycles. The normalized spacial score (nSPS) is 27.2. The number of hydrogen-bond acceptors (Lipinski definition) is 2. The van der Waals surface area contributed by atoms with E-state index in [0.717, 1.165) is 38.0 Å². The zero-order valence-electron chi connectivity index (χ0n) is 13.6. The van der Waals surface area contributed by atoms with Gasteiger partial charge in [-0.2, -0.15) is 0 Å². The number of halogens is 1. The first-order valence-corrected chi connectivity index (χ1v) is 8.30. The Bertz CT molecular complexity index is 311. The standard InChI is InChI=1S/C16H31N3O.HI/c1-16(10-6-12-20-16)13-19-15(17-2)18-11-9-14-7-4-3-5-8-14;/h14H,3-13H2,1-2H3,(H2,17,18,19);1H. The van der Waals surface area contributed by atoms with Gasteiger partial charge in [0.2, 0.25) is 0 Å². The molecule has 1 saturated carbocycles. The van der Waals surface area contributed by atoms with Crippen LogP contribution in [0, 0.1) is 5.92 Å². The van der Waals surface area contributed by atoms with E-state index in [0.29, 0.717) is 0 Å². The third-order valence-corrected chi connectivity index (χ3v) is 4.72. The van der Waals surface area contributed by atoms with Gasteiger partial charge in [-0.05, 0) is 32.1 Å². The Morgan fingerprint density at radius 3 is 2.57 bits per heavy atom. The van der Waals surface area contributed by atoms with E-state index in [1.54, 1.807) is 0 Å². The van der Waals surface area contributed by atoms with Gasteiger partial charge >= 0.3 is 0 Å². The molecule has 2 aliphatic rings. The number of nitrogens with one attached hydrogen (secondary N) is 2. The highest BCUT2D eigenvalue weighted by Gasteiger charge is 2.29. The summed E-state index contributed by atoms with van der Waals surface area (Å²) < 4.78 is 5.79. The second-order valence-electron chi connectivity index (χ2n) is 6.55. The maximum atomic E-state index is 5.79. The average Bonchev–Trinajstić information content (AvgIpc) is 2.91. The molecule has 0 aromatic carbocycles. The van der Waals surface area contributed by atoms with Crippen LogP contribution in [0.5, 0.6) is 0 Å². The highest BCUT2D eigenvalue weighted by Crippen LogP contribution is 2.26. The Labute approximate surface area is 146 Å². The highest BCUT2D eigenvalue weighted by atomic mass is 127. The summed E-state index contributed by atoms with van der Waals surface area (Å²) in [5.41, 5.74) is -0.0129. The van der Waals surface area contributed by atoms with Gasteiger partial charge in [-0.25, -0.2) is 0 Å². The molecule has 1 unspecified atom stereocenters. The monoisotopic (exact) mass is 409 g/mol. The van der Waals surface area contributed by atoms with Crippen LogP contribution in [0.2, 0.25) is 0 Å². The summed E-state index contributed by atoms with van der Waals surface area (Å²) in [6.07, 6.45) is 10.7. The molecule has 124 valence electrons. The van der Waals surface area contributed by atoms with Crippen molar-refractivity contribution in [3.05, 3.63) is 0 Å². The van der Waals surface area contributed by atoms with Crippen LogP contribution >= 0.6 is 24.0 Å². The van der Waals surface area contributed by atoms with Crippen LogP contribution in [0.25, 0.3) is 0 Å². The molecule has 21 heavy (non-hydrogen) atoms. The molecule has 1 aliphatic carbocycles. The lowest BCUT2D eigenvalue weighted by Crippen LogP contribution is -2.45. The molecular formula is C16H32IN3O. The molecule has 4 nitrogen and oxygen atoms in total. The van der Waals surface area contributed by atoms with E-state index >= 15 is 0 Å². The fourth-order valence-electron chi connectivity index (χ4n) is 3.34. The second-order valence-corrected chi connectivity index (χ2v) is 6.55. The van der Waals surface area contributed by atoms with Gasteiger partial charge in [0.25, 0.3) is 0 Å². The van der Waals surface area contributed by atoms with Gasteiger partial charge in [0.15, 0.2) is 5.96 Å². The van der Waals surface area contributed by atoms with Crippen molar-refractivity contribution in [3.63, 3.8) is 0 Å². The Hall–Kier alpha value is -0.0400. The molecule has 1 heterocycles. The Kier molecular flexibility index (Phi) is 8.94. The maximum Gasteiger partial charge on any atom is 0.191 e. The van der Waals surface area contributed by atoms with Crippen molar-refractivity contribution in [2.24, 2.45) is 10.9 Å². The van der Waals surface area contributed by atoms with Gasteiger partial charge in [-0.3, -0.25) is 4.99 Å². The first kappa shape index (κ1) is 19.0. The van der Waals surface area contributed by atoms with E-state index in [4.69, 9.17) is 4.74 Å². The molecule has 1 aliphatic heterocycles. The number of hydrogen-bond donors (Lipinski definition) is 2. The molecule has 0 bridgehead atoms. The number of rotatable bonds is 5. The second kappa shape index (κ2) is 9.87. The van der Waals surface area contributed by atoms with Crippen LogP contribution in [0.3, 0.4) is 0 Å². The van der Waals surface area contributed by atoms with Crippen LogP contribution in [-0.2, 0) is 4.74 Å². The number of guanidine groups is 1. The summed E-state index contributed by atoms with van der Waals surface area (Å²) in [5.74, 6) is 1.84. The van der Waals surface area contributed by atoms with Crippen LogP contribution in [-0.4, -0.2) is 38.3 Å². The fourth-order valence-corrected chi connectivity index (χ4v) is 3.34. The number of ether oxygens (including phenoxy) is 1. The van der Waals surface area contributed by atoms with E-state index in [-0.39, 0.29) is 29.6 Å². The molecule has 1 saturated heterocycles. The summed E-state index contributed by atoms with van der Waals surface area (Å²) >= 11 is 0. The quantitative estimate of drug-likeness (QED) is 0.416. The molecule has 0 radical (unpaired) electrons. The zero-order valence-corrected chi connectivity index (χ0v) is 15.9. The maximum absolute atomic E-state index is 5.79. The average molecular weight is 409 g/mol. The smallest absolute Gasteiger partial charge is 0.191 e. The lowest BCUT2D eigenvalue weighted by molar-refractivity contribution is 0.0243. The van der Waals surface area contributed by atoms with E-state index in [9.17, 15) is 0 Å². The topological polar surface area (TPSA) is 45.7 Å². The van der Waals surface area contributed by atoms with Crippen LogP contribution < -0.4 is 10.6 Å². The summed E-state index contributed by atoms with van der Waals surface area (Å²) in [6.45, 7) is 4.95. The van der Waals surface area contributed by atoms with Gasteiger partial charge in [-0.1, -0.05) is 32.1 Å². The van der Waals surface area contributed by atoms with Crippen molar-refractivity contribution in [1.29, 1.82) is 0 Å². The number of aliphatic imine (C=N–C) groups is 1. The molecule has 0 amide bonds. The third-order valence-electron chi connectivity index (χ3n) is 4.72. The predicted octanol–water partition coefficient (Wildman–Crippen LogP) is 3.31. The van der Waals surface area contributed by atoms with Gasteiger partial charge in [0.1, 0.15) is 0 Å². The van der Waals surface area contributed by atoms with E-state index in [1.165, 1.54) is 44.9 Å². The molecule has 5 heteroatoms. The fraction of sp³-hybridized carbons (Fsp3) is 0.938. The first-order valence-electron chi connectivity index (χ1n) is 8.30. The van der Waals surface area contributed by atoms with Gasteiger partial charge in [-0.15, -0.1) is 24.0 Å². The minimum Gasteiger partial charge on any atom is -0.373 e. The minimum absolute atomic E-state index is 0. The molecule has 2 N–H and O–H groups in total. The molecule has 0 aromatic rings. The van der Waals surface area contributed by atoms with Crippen molar-refractivity contribution < 1.29 is 4.74 Å². The zero-order chi connectivity index (χ0) is 14.3. The summed E-state index contributed by atoms with van der Waals surface area (Å²) in [4.78, 5) is 4.30. The van der Waals surface area contributed by atoms with Gasteiger partial charge < -0.3 is 15.4 Å². The molecular weight excluding hydrogens is 377 g/mol. The summed E-state index contributed by atoms with van der Waals surface area (Å²) in [5, 5.41) is 6.84. The van der Waals surface area contributed by atoms with Crippen molar-refractivity contribution in [2.75, 3.05) is 26.7 Å². The van der Waals surface area contributed by atoms with E-state index in [1.807, 2.05) is 7.05 Å². The van der Waals surface area contributed by atoms with Crippen molar-refractivity contribution in [1.82, 2.24) is 10.6 Å². The van der Waals surface area contributed by atoms with Crippen LogP contribution in [0.1, 0.15) is 58.3 Å². The molecule has 1 atom stereocenters. The lowest BCUT2D eigenvalue weighted by atomic mass is 9.87. The predicted molar refractivity (Wildman–Crippen MR) is 99.6 cm³/mol. The summed E-state index contributed by atoms with van der Waals surface area (Å²) in [7, 11) is 1.84. The molecule has 0 spiro atoms. The molecule has 2 rings (SSSR count). The minimum atomic E-state index is -0.0129. The van der Waals surface area contributed by atoms with Crippen molar-refractivity contribution >= 4 is 29.9 Å². The van der Waals surface area contributed by atoms with Crippen LogP contribution in [0.4, 0.5) is 0 Å².